The second-order valence-electron chi connectivity index (χ2n) is 8.35. The summed E-state index contributed by atoms with van der Waals surface area (Å²) in [5.41, 5.74) is 2.39. The van der Waals surface area contributed by atoms with Crippen LogP contribution in [0, 0.1) is 0 Å². The Morgan fingerprint density at radius 3 is 2.21 bits per heavy atom. The summed E-state index contributed by atoms with van der Waals surface area (Å²) in [5.74, 6) is -0.373. The van der Waals surface area contributed by atoms with E-state index in [2.05, 4.69) is 16.0 Å². The topological polar surface area (TPSA) is 90.5 Å². The van der Waals surface area contributed by atoms with E-state index in [0.717, 1.165) is 25.7 Å². The maximum Gasteiger partial charge on any atom is 0.253 e. The van der Waals surface area contributed by atoms with E-state index in [4.69, 9.17) is 0 Å². The molecule has 0 unspecified atom stereocenters. The lowest BCUT2D eigenvalue weighted by molar-refractivity contribution is -0.114. The normalized spacial score (nSPS) is 13.8. The second kappa shape index (κ2) is 12.0. The van der Waals surface area contributed by atoms with E-state index in [9.17, 15) is 14.4 Å². The third-order valence-electron chi connectivity index (χ3n) is 5.96. The van der Waals surface area contributed by atoms with Crippen LogP contribution in [0.4, 0.5) is 11.4 Å². The van der Waals surface area contributed by atoms with Gasteiger partial charge < -0.3 is 20.9 Å². The standard InChI is InChI=1S/C26H34N4O3/c1-3-30(4-2)26(33)20-11-9-15-23(17-20)28-24(31)18-27-22-14-8-10-19(16-22)25(32)29-21-12-6-5-7-13-21/h8-11,14-17,21,27H,3-7,12-13,18H2,1-2H3,(H,28,31)(H,29,32). The molecule has 0 heterocycles. The molecule has 0 aliphatic heterocycles. The predicted molar refractivity (Wildman–Crippen MR) is 132 cm³/mol. The van der Waals surface area contributed by atoms with Gasteiger partial charge in [0.15, 0.2) is 0 Å². The molecular weight excluding hydrogens is 416 g/mol. The molecule has 0 radical (unpaired) electrons. The summed E-state index contributed by atoms with van der Waals surface area (Å²) < 4.78 is 0. The Hall–Kier alpha value is -3.35. The predicted octanol–water partition coefficient (Wildman–Crippen LogP) is 4.28. The number of nitrogens with one attached hydrogen (secondary N) is 3. The lowest BCUT2D eigenvalue weighted by Crippen LogP contribution is -2.36. The fourth-order valence-electron chi connectivity index (χ4n) is 4.10. The van der Waals surface area contributed by atoms with Crippen LogP contribution >= 0.6 is 0 Å². The molecule has 0 spiro atoms. The molecule has 1 saturated carbocycles. The van der Waals surface area contributed by atoms with Crippen molar-refractivity contribution in [3.8, 4) is 0 Å². The molecule has 2 aromatic rings. The fourth-order valence-corrected chi connectivity index (χ4v) is 4.10. The van der Waals surface area contributed by atoms with E-state index in [-0.39, 0.29) is 30.3 Å². The molecule has 0 atom stereocenters. The summed E-state index contributed by atoms with van der Waals surface area (Å²) in [4.78, 5) is 39.3. The van der Waals surface area contributed by atoms with Crippen LogP contribution in [0.15, 0.2) is 48.5 Å². The van der Waals surface area contributed by atoms with Gasteiger partial charge in [0, 0.05) is 41.6 Å². The van der Waals surface area contributed by atoms with Crippen molar-refractivity contribution in [2.45, 2.75) is 52.0 Å². The van der Waals surface area contributed by atoms with Gasteiger partial charge in [-0.3, -0.25) is 14.4 Å². The maximum atomic E-state index is 12.6. The first-order valence-electron chi connectivity index (χ1n) is 11.8. The molecule has 0 aromatic heterocycles. The monoisotopic (exact) mass is 450 g/mol. The third kappa shape index (κ3) is 7.07. The SMILES string of the molecule is CCN(CC)C(=O)c1cccc(NC(=O)CNc2cccc(C(=O)NC3CCCCC3)c2)c1. The van der Waals surface area contributed by atoms with Gasteiger partial charge in [0.25, 0.3) is 11.8 Å². The van der Waals surface area contributed by atoms with Crippen molar-refractivity contribution >= 4 is 29.1 Å². The summed E-state index contributed by atoms with van der Waals surface area (Å²) in [5, 5.41) is 9.01. The van der Waals surface area contributed by atoms with Crippen molar-refractivity contribution in [1.29, 1.82) is 0 Å². The third-order valence-corrected chi connectivity index (χ3v) is 5.96. The van der Waals surface area contributed by atoms with Crippen LogP contribution in [0.3, 0.4) is 0 Å². The number of hydrogen-bond donors (Lipinski definition) is 3. The quantitative estimate of drug-likeness (QED) is 0.532. The van der Waals surface area contributed by atoms with Gasteiger partial charge in [0.05, 0.1) is 6.54 Å². The fraction of sp³-hybridized carbons (Fsp3) is 0.423. The van der Waals surface area contributed by atoms with E-state index in [0.29, 0.717) is 35.6 Å². The highest BCUT2D eigenvalue weighted by molar-refractivity contribution is 5.98. The highest BCUT2D eigenvalue weighted by Gasteiger charge is 2.17. The summed E-state index contributed by atoms with van der Waals surface area (Å²) in [7, 11) is 0. The summed E-state index contributed by atoms with van der Waals surface area (Å²) >= 11 is 0. The van der Waals surface area contributed by atoms with Crippen molar-refractivity contribution < 1.29 is 14.4 Å². The number of anilines is 2. The molecule has 3 N–H and O–H groups in total. The first-order valence-corrected chi connectivity index (χ1v) is 11.8. The van der Waals surface area contributed by atoms with Gasteiger partial charge in [-0.15, -0.1) is 0 Å². The van der Waals surface area contributed by atoms with Gasteiger partial charge in [-0.05, 0) is 63.1 Å². The molecule has 3 amide bonds. The van der Waals surface area contributed by atoms with Gasteiger partial charge >= 0.3 is 0 Å². The van der Waals surface area contributed by atoms with Gasteiger partial charge in [0.1, 0.15) is 0 Å². The number of amides is 3. The van der Waals surface area contributed by atoms with Crippen LogP contribution in [0.5, 0.6) is 0 Å². The zero-order valence-electron chi connectivity index (χ0n) is 19.5. The van der Waals surface area contributed by atoms with Crippen molar-refractivity contribution in [3.63, 3.8) is 0 Å². The Morgan fingerprint density at radius 2 is 1.52 bits per heavy atom. The molecule has 1 aliphatic rings. The number of hydrogen-bond acceptors (Lipinski definition) is 4. The molecule has 1 aliphatic carbocycles. The zero-order valence-corrected chi connectivity index (χ0v) is 19.5. The lowest BCUT2D eigenvalue weighted by atomic mass is 9.95. The molecule has 1 fully saturated rings. The maximum absolute atomic E-state index is 12.6. The van der Waals surface area contributed by atoms with E-state index in [1.54, 1.807) is 47.4 Å². The summed E-state index contributed by atoms with van der Waals surface area (Å²) in [6.07, 6.45) is 5.63. The Morgan fingerprint density at radius 1 is 0.879 bits per heavy atom. The molecule has 3 rings (SSSR count). The minimum atomic E-state index is -0.237. The van der Waals surface area contributed by atoms with Crippen molar-refractivity contribution in [2.75, 3.05) is 30.3 Å². The van der Waals surface area contributed by atoms with E-state index in [1.165, 1.54) is 6.42 Å². The number of carbonyl (C=O) groups excluding carboxylic acids is 3. The van der Waals surface area contributed by atoms with Gasteiger partial charge in [-0.2, -0.15) is 0 Å². The minimum absolute atomic E-state index is 0.0436. The van der Waals surface area contributed by atoms with Crippen LogP contribution < -0.4 is 16.0 Å². The van der Waals surface area contributed by atoms with Gasteiger partial charge in [-0.25, -0.2) is 0 Å². The van der Waals surface area contributed by atoms with Gasteiger partial charge in [0.2, 0.25) is 5.91 Å². The van der Waals surface area contributed by atoms with Crippen LogP contribution in [0.1, 0.15) is 66.7 Å². The number of rotatable bonds is 9. The Bertz CT molecular complexity index is 966. The first kappa shape index (κ1) is 24.3. The molecule has 176 valence electrons. The van der Waals surface area contributed by atoms with Crippen LogP contribution in [0.2, 0.25) is 0 Å². The van der Waals surface area contributed by atoms with Crippen molar-refractivity contribution in [2.24, 2.45) is 0 Å². The van der Waals surface area contributed by atoms with E-state index >= 15 is 0 Å². The smallest absolute Gasteiger partial charge is 0.253 e. The summed E-state index contributed by atoms with van der Waals surface area (Å²) in [6.45, 7) is 5.18. The van der Waals surface area contributed by atoms with E-state index in [1.807, 2.05) is 19.9 Å². The van der Waals surface area contributed by atoms with Crippen LogP contribution in [0.25, 0.3) is 0 Å². The molecule has 7 nitrogen and oxygen atoms in total. The Labute approximate surface area is 195 Å². The number of carbonyl (C=O) groups is 3. The number of benzene rings is 2. The molecule has 7 heteroatoms. The Balaban J connectivity index is 1.54. The largest absolute Gasteiger partial charge is 0.376 e. The van der Waals surface area contributed by atoms with Crippen LogP contribution in [-0.2, 0) is 4.79 Å². The lowest BCUT2D eigenvalue weighted by Gasteiger charge is -2.22. The Kier molecular flexibility index (Phi) is 8.87. The van der Waals surface area contributed by atoms with Crippen molar-refractivity contribution in [3.05, 3.63) is 59.7 Å². The molecule has 0 saturated heterocycles. The first-order chi connectivity index (χ1) is 16.0. The van der Waals surface area contributed by atoms with Crippen LogP contribution in [-0.4, -0.2) is 48.3 Å². The highest BCUT2D eigenvalue weighted by atomic mass is 16.2. The molecule has 0 bridgehead atoms. The number of nitrogens with zero attached hydrogens (tertiary/aromatic N) is 1. The molecular formula is C26H34N4O3. The highest BCUT2D eigenvalue weighted by Crippen LogP contribution is 2.19. The summed E-state index contributed by atoms with van der Waals surface area (Å²) in [6, 6.07) is 14.4. The second-order valence-corrected chi connectivity index (χ2v) is 8.35. The van der Waals surface area contributed by atoms with Crippen molar-refractivity contribution in [1.82, 2.24) is 10.2 Å². The average molecular weight is 451 g/mol. The average Bonchev–Trinajstić information content (AvgIpc) is 2.84. The van der Waals surface area contributed by atoms with Gasteiger partial charge in [-0.1, -0.05) is 31.4 Å². The zero-order chi connectivity index (χ0) is 23.6. The minimum Gasteiger partial charge on any atom is -0.376 e. The molecule has 33 heavy (non-hydrogen) atoms. The van der Waals surface area contributed by atoms with E-state index < -0.39 is 0 Å². The molecule has 2 aromatic carbocycles.